The molecule has 0 unspecified atom stereocenters. The Bertz CT molecular complexity index is 1250. The van der Waals surface area contributed by atoms with E-state index >= 15 is 0 Å². The molecule has 184 valence electrons. The number of fused-ring (bicyclic) bond motifs is 1. The molecule has 0 aliphatic carbocycles. The summed E-state index contributed by atoms with van der Waals surface area (Å²) in [4.78, 5) is 10.7. The van der Waals surface area contributed by atoms with E-state index < -0.39 is 5.97 Å². The molecule has 0 amide bonds. The van der Waals surface area contributed by atoms with E-state index in [0.717, 1.165) is 42.7 Å². The number of carbonyl (C=O) groups is 1. The molecule has 0 spiro atoms. The number of benzene rings is 2. The summed E-state index contributed by atoms with van der Waals surface area (Å²) >= 11 is 0. The standard InChI is InChI=1S/C30H35NO4/c1-6-21(3)9-8-10-23(7-2)19-31-22(4)27(28-18-26(34-5)15-16-29(28)31)17-24-11-13-25(14-12-24)35-20-30(32)33/h7-9,11-16,18H,3,6,10,17,19-20H2,1-2,4-5H3,(H,32,33)/b9-8-,23-7+. The fraction of sp³-hybridized carbons (Fsp3) is 0.300. The van der Waals surface area contributed by atoms with E-state index in [9.17, 15) is 4.79 Å². The Labute approximate surface area is 208 Å². The lowest BCUT2D eigenvalue weighted by Gasteiger charge is -2.12. The Kier molecular flexibility index (Phi) is 8.96. The van der Waals surface area contributed by atoms with Crippen LogP contribution in [0.1, 0.15) is 43.5 Å². The average Bonchev–Trinajstić information content (AvgIpc) is 3.12. The Hall–Kier alpha value is -3.73. The summed E-state index contributed by atoms with van der Waals surface area (Å²) < 4.78 is 13.2. The first-order valence-corrected chi connectivity index (χ1v) is 11.9. The highest BCUT2D eigenvalue weighted by Gasteiger charge is 2.16. The van der Waals surface area contributed by atoms with Gasteiger partial charge in [-0.2, -0.15) is 0 Å². The third-order valence-corrected chi connectivity index (χ3v) is 6.28. The number of aromatic nitrogens is 1. The van der Waals surface area contributed by atoms with E-state index in [2.05, 4.69) is 62.3 Å². The van der Waals surface area contributed by atoms with E-state index in [1.807, 2.05) is 30.3 Å². The number of methoxy groups -OCH3 is 1. The molecule has 0 fully saturated rings. The predicted molar refractivity (Wildman–Crippen MR) is 143 cm³/mol. The van der Waals surface area contributed by atoms with Gasteiger partial charge in [0.2, 0.25) is 0 Å². The van der Waals surface area contributed by atoms with Crippen molar-refractivity contribution in [3.63, 3.8) is 0 Å². The van der Waals surface area contributed by atoms with E-state index in [4.69, 9.17) is 14.6 Å². The zero-order valence-electron chi connectivity index (χ0n) is 21.1. The van der Waals surface area contributed by atoms with Crippen LogP contribution < -0.4 is 9.47 Å². The lowest BCUT2D eigenvalue weighted by atomic mass is 10.0. The van der Waals surface area contributed by atoms with Gasteiger partial charge in [0, 0.05) is 23.1 Å². The van der Waals surface area contributed by atoms with Crippen molar-refractivity contribution >= 4 is 16.9 Å². The normalized spacial score (nSPS) is 11.8. The van der Waals surface area contributed by atoms with E-state index in [-0.39, 0.29) is 6.61 Å². The number of nitrogens with zero attached hydrogens (tertiary/aromatic N) is 1. The van der Waals surface area contributed by atoms with Crippen LogP contribution in [0.25, 0.3) is 10.9 Å². The van der Waals surface area contributed by atoms with Crippen molar-refractivity contribution in [1.29, 1.82) is 0 Å². The second kappa shape index (κ2) is 12.1. The van der Waals surface area contributed by atoms with Crippen LogP contribution in [0.5, 0.6) is 11.5 Å². The maximum atomic E-state index is 10.7. The number of ether oxygens (including phenoxy) is 2. The molecule has 5 nitrogen and oxygen atoms in total. The molecule has 0 atom stereocenters. The average molecular weight is 474 g/mol. The van der Waals surface area contributed by atoms with Crippen LogP contribution >= 0.6 is 0 Å². The smallest absolute Gasteiger partial charge is 0.341 e. The third-order valence-electron chi connectivity index (χ3n) is 6.28. The van der Waals surface area contributed by atoms with Crippen LogP contribution in [0.3, 0.4) is 0 Å². The maximum absolute atomic E-state index is 10.7. The summed E-state index contributed by atoms with van der Waals surface area (Å²) in [6.45, 7) is 10.9. The largest absolute Gasteiger partial charge is 0.497 e. The van der Waals surface area contributed by atoms with Crippen molar-refractivity contribution < 1.29 is 19.4 Å². The quantitative estimate of drug-likeness (QED) is 0.230. The van der Waals surface area contributed by atoms with Crippen molar-refractivity contribution in [1.82, 2.24) is 4.57 Å². The van der Waals surface area contributed by atoms with Gasteiger partial charge in [0.15, 0.2) is 6.61 Å². The molecule has 1 heterocycles. The molecule has 0 aliphatic heterocycles. The molecule has 0 radical (unpaired) electrons. The predicted octanol–water partition coefficient (Wildman–Crippen LogP) is 6.87. The van der Waals surface area contributed by atoms with Crippen LogP contribution in [0.15, 0.2) is 78.4 Å². The fourth-order valence-corrected chi connectivity index (χ4v) is 4.11. The third kappa shape index (κ3) is 6.66. The molecule has 3 rings (SSSR count). The van der Waals surface area contributed by atoms with Crippen LogP contribution in [-0.2, 0) is 17.8 Å². The molecular weight excluding hydrogens is 438 g/mol. The van der Waals surface area contributed by atoms with Gasteiger partial charge < -0.3 is 19.1 Å². The summed E-state index contributed by atoms with van der Waals surface area (Å²) in [6, 6.07) is 13.9. The van der Waals surface area contributed by atoms with Crippen molar-refractivity contribution in [3.05, 3.63) is 95.2 Å². The van der Waals surface area contributed by atoms with Gasteiger partial charge in [-0.05, 0) is 74.6 Å². The Balaban J connectivity index is 1.92. The highest BCUT2D eigenvalue weighted by Crippen LogP contribution is 2.32. The second-order valence-corrected chi connectivity index (χ2v) is 8.60. The Morgan fingerprint density at radius 2 is 1.86 bits per heavy atom. The molecule has 3 aromatic rings. The topological polar surface area (TPSA) is 60.7 Å². The van der Waals surface area contributed by atoms with Gasteiger partial charge in [-0.3, -0.25) is 0 Å². The summed E-state index contributed by atoms with van der Waals surface area (Å²) in [7, 11) is 1.69. The second-order valence-electron chi connectivity index (χ2n) is 8.60. The minimum Gasteiger partial charge on any atom is -0.497 e. The van der Waals surface area contributed by atoms with Gasteiger partial charge in [-0.25, -0.2) is 4.79 Å². The highest BCUT2D eigenvalue weighted by atomic mass is 16.5. The van der Waals surface area contributed by atoms with Gasteiger partial charge in [0.25, 0.3) is 0 Å². The van der Waals surface area contributed by atoms with Crippen molar-refractivity contribution in [2.75, 3.05) is 13.7 Å². The first-order valence-electron chi connectivity index (χ1n) is 11.9. The summed E-state index contributed by atoms with van der Waals surface area (Å²) in [6.07, 6.45) is 9.11. The molecule has 0 saturated carbocycles. The highest BCUT2D eigenvalue weighted by molar-refractivity contribution is 5.87. The molecule has 0 saturated heterocycles. The zero-order valence-corrected chi connectivity index (χ0v) is 21.1. The molecule has 35 heavy (non-hydrogen) atoms. The van der Waals surface area contributed by atoms with Crippen molar-refractivity contribution in [2.45, 2.75) is 46.6 Å². The summed E-state index contributed by atoms with van der Waals surface area (Å²) in [5.41, 5.74) is 7.26. The Morgan fingerprint density at radius 3 is 2.49 bits per heavy atom. The number of aliphatic carboxylic acids is 1. The Morgan fingerprint density at radius 1 is 1.14 bits per heavy atom. The first-order chi connectivity index (χ1) is 16.9. The SMILES string of the molecule is C=C(/C=C\C/C(=C\C)Cn1c(C)c(Cc2ccc(OCC(=O)O)cc2)c2cc(OC)ccc21)CC. The number of carboxylic acids is 1. The molecule has 0 aliphatic rings. The molecular formula is C30H35NO4. The van der Waals surface area contributed by atoms with Crippen LogP contribution in [0.4, 0.5) is 0 Å². The lowest BCUT2D eigenvalue weighted by molar-refractivity contribution is -0.139. The van der Waals surface area contributed by atoms with Crippen LogP contribution in [0, 0.1) is 6.92 Å². The number of allylic oxidation sites excluding steroid dienone is 5. The van der Waals surface area contributed by atoms with E-state index in [1.54, 1.807) is 7.11 Å². The van der Waals surface area contributed by atoms with Crippen LogP contribution in [-0.4, -0.2) is 29.4 Å². The molecule has 0 bridgehead atoms. The van der Waals surface area contributed by atoms with Gasteiger partial charge in [0.05, 0.1) is 7.11 Å². The number of carboxylic acid groups (broad SMARTS) is 1. The minimum absolute atomic E-state index is 0.346. The fourth-order valence-electron chi connectivity index (χ4n) is 4.11. The maximum Gasteiger partial charge on any atom is 0.341 e. The zero-order chi connectivity index (χ0) is 25.4. The van der Waals surface area contributed by atoms with E-state index in [1.165, 1.54) is 27.7 Å². The minimum atomic E-state index is -0.988. The molecule has 1 N–H and O–H groups in total. The molecule has 2 aromatic carbocycles. The van der Waals surface area contributed by atoms with Crippen molar-refractivity contribution in [2.24, 2.45) is 0 Å². The van der Waals surface area contributed by atoms with Gasteiger partial charge >= 0.3 is 5.97 Å². The van der Waals surface area contributed by atoms with Gasteiger partial charge in [0.1, 0.15) is 11.5 Å². The number of rotatable bonds is 12. The number of hydrogen-bond acceptors (Lipinski definition) is 3. The molecule has 5 heteroatoms. The van der Waals surface area contributed by atoms with Crippen LogP contribution in [0.2, 0.25) is 0 Å². The summed E-state index contributed by atoms with van der Waals surface area (Å²) in [5, 5.41) is 9.99. The van der Waals surface area contributed by atoms with Gasteiger partial charge in [-0.1, -0.05) is 55.0 Å². The van der Waals surface area contributed by atoms with Crippen molar-refractivity contribution in [3.8, 4) is 11.5 Å². The van der Waals surface area contributed by atoms with E-state index in [0.29, 0.717) is 5.75 Å². The molecule has 1 aromatic heterocycles. The number of hydrogen-bond donors (Lipinski definition) is 1. The van der Waals surface area contributed by atoms with Gasteiger partial charge in [-0.15, -0.1) is 0 Å². The lowest BCUT2D eigenvalue weighted by Crippen LogP contribution is -2.09. The first kappa shape index (κ1) is 25.9. The monoisotopic (exact) mass is 473 g/mol. The summed E-state index contributed by atoms with van der Waals surface area (Å²) in [5.74, 6) is 0.395.